The number of ether oxygens (including phenoxy) is 1. The van der Waals surface area contributed by atoms with Gasteiger partial charge in [0.2, 0.25) is 5.88 Å². The van der Waals surface area contributed by atoms with Crippen LogP contribution in [0.25, 0.3) is 0 Å². The highest BCUT2D eigenvalue weighted by molar-refractivity contribution is 14.0. The Bertz CT molecular complexity index is 630. The van der Waals surface area contributed by atoms with E-state index in [2.05, 4.69) is 45.9 Å². The number of guanidine groups is 1. The summed E-state index contributed by atoms with van der Waals surface area (Å²) in [5.74, 6) is 1.40. The number of aryl methyl sites for hydroxylation is 1. The van der Waals surface area contributed by atoms with Gasteiger partial charge in [0, 0.05) is 17.5 Å². The Morgan fingerprint density at radius 2 is 2.13 bits per heavy atom. The van der Waals surface area contributed by atoms with E-state index in [0.29, 0.717) is 12.4 Å². The van der Waals surface area contributed by atoms with E-state index in [-0.39, 0.29) is 24.0 Å². The molecule has 0 spiro atoms. The van der Waals surface area contributed by atoms with Gasteiger partial charge in [-0.2, -0.15) is 0 Å². The van der Waals surface area contributed by atoms with Crippen LogP contribution in [0.5, 0.6) is 5.88 Å². The van der Waals surface area contributed by atoms with Gasteiger partial charge in [0.15, 0.2) is 5.96 Å². The summed E-state index contributed by atoms with van der Waals surface area (Å²) in [4.78, 5) is 10.3. The van der Waals surface area contributed by atoms with Crippen molar-refractivity contribution in [2.24, 2.45) is 4.99 Å². The Kier molecular flexibility index (Phi) is 8.93. The van der Waals surface area contributed by atoms with Crippen LogP contribution in [-0.2, 0) is 13.1 Å². The molecule has 0 aromatic carbocycles. The second-order valence-electron chi connectivity index (χ2n) is 4.75. The number of rotatable bonds is 6. The summed E-state index contributed by atoms with van der Waals surface area (Å²) in [6.07, 6.45) is 0. The molecule has 2 aromatic heterocycles. The molecule has 0 saturated heterocycles. The quantitative estimate of drug-likeness (QED) is 0.406. The van der Waals surface area contributed by atoms with Gasteiger partial charge in [-0.3, -0.25) is 0 Å². The number of halogens is 1. The lowest BCUT2D eigenvalue weighted by atomic mass is 10.3. The van der Waals surface area contributed by atoms with E-state index >= 15 is 0 Å². The lowest BCUT2D eigenvalue weighted by Crippen LogP contribution is -2.36. The first-order chi connectivity index (χ1) is 10.7. The van der Waals surface area contributed by atoms with Gasteiger partial charge in [-0.05, 0) is 36.9 Å². The molecular weight excluding hydrogens is 423 g/mol. The number of methoxy groups -OCH3 is 1. The van der Waals surface area contributed by atoms with Crippen molar-refractivity contribution < 1.29 is 4.74 Å². The molecular formula is C16H23IN4OS. The Morgan fingerprint density at radius 3 is 2.78 bits per heavy atom. The molecule has 2 rings (SSSR count). The number of aromatic nitrogens is 1. The minimum Gasteiger partial charge on any atom is -0.481 e. The number of pyridine rings is 1. The molecule has 0 fully saturated rings. The molecule has 0 aliphatic heterocycles. The zero-order valence-electron chi connectivity index (χ0n) is 13.6. The second-order valence-corrected chi connectivity index (χ2v) is 5.75. The van der Waals surface area contributed by atoms with E-state index in [1.165, 1.54) is 10.4 Å². The second kappa shape index (κ2) is 10.4. The maximum Gasteiger partial charge on any atom is 0.213 e. The van der Waals surface area contributed by atoms with E-state index in [1.807, 2.05) is 18.2 Å². The molecule has 126 valence electrons. The van der Waals surface area contributed by atoms with Gasteiger partial charge in [-0.25, -0.2) is 9.98 Å². The van der Waals surface area contributed by atoms with Crippen LogP contribution in [0.1, 0.15) is 23.1 Å². The van der Waals surface area contributed by atoms with Crippen molar-refractivity contribution >= 4 is 41.3 Å². The average molecular weight is 446 g/mol. The van der Waals surface area contributed by atoms with Crippen LogP contribution in [0.4, 0.5) is 0 Å². The zero-order valence-corrected chi connectivity index (χ0v) is 16.8. The monoisotopic (exact) mass is 446 g/mol. The molecule has 2 aromatic rings. The van der Waals surface area contributed by atoms with Gasteiger partial charge in [-0.15, -0.1) is 35.3 Å². The molecule has 0 amide bonds. The molecule has 0 unspecified atom stereocenters. The molecule has 2 heterocycles. The van der Waals surface area contributed by atoms with E-state index in [1.54, 1.807) is 18.4 Å². The van der Waals surface area contributed by atoms with Gasteiger partial charge in [-0.1, -0.05) is 6.07 Å². The molecule has 0 radical (unpaired) electrons. The molecule has 0 bridgehead atoms. The van der Waals surface area contributed by atoms with Gasteiger partial charge < -0.3 is 15.4 Å². The number of nitrogens with one attached hydrogen (secondary N) is 2. The van der Waals surface area contributed by atoms with Crippen molar-refractivity contribution in [3.63, 3.8) is 0 Å². The summed E-state index contributed by atoms with van der Waals surface area (Å²) in [7, 11) is 1.62. The van der Waals surface area contributed by atoms with Crippen molar-refractivity contribution in [1.29, 1.82) is 0 Å². The van der Waals surface area contributed by atoms with Crippen LogP contribution in [0.2, 0.25) is 0 Å². The third-order valence-corrected chi connectivity index (χ3v) is 4.14. The SMILES string of the molecule is CCNC(=NCc1cccc(OC)n1)NCc1sccc1C.I. The van der Waals surface area contributed by atoms with Crippen molar-refractivity contribution in [3.05, 3.63) is 45.8 Å². The Morgan fingerprint density at radius 1 is 1.30 bits per heavy atom. The molecule has 0 saturated carbocycles. The number of thiophene rings is 1. The van der Waals surface area contributed by atoms with Crippen LogP contribution in [0.15, 0.2) is 34.6 Å². The van der Waals surface area contributed by atoms with Gasteiger partial charge in [0.05, 0.1) is 25.9 Å². The maximum absolute atomic E-state index is 5.13. The summed E-state index contributed by atoms with van der Waals surface area (Å²) in [5, 5.41) is 8.71. The fourth-order valence-corrected chi connectivity index (χ4v) is 2.76. The van der Waals surface area contributed by atoms with Crippen LogP contribution >= 0.6 is 35.3 Å². The van der Waals surface area contributed by atoms with Crippen molar-refractivity contribution in [1.82, 2.24) is 15.6 Å². The number of aliphatic imine (C=N–C) groups is 1. The molecule has 0 aliphatic rings. The average Bonchev–Trinajstić information content (AvgIpc) is 2.95. The third kappa shape index (κ3) is 6.34. The summed E-state index contributed by atoms with van der Waals surface area (Å²) >= 11 is 1.75. The third-order valence-electron chi connectivity index (χ3n) is 3.12. The largest absolute Gasteiger partial charge is 0.481 e. The highest BCUT2D eigenvalue weighted by Gasteiger charge is 2.03. The van der Waals surface area contributed by atoms with Gasteiger partial charge >= 0.3 is 0 Å². The fourth-order valence-electron chi connectivity index (χ4n) is 1.91. The predicted octanol–water partition coefficient (Wildman–Crippen LogP) is 3.33. The summed E-state index contributed by atoms with van der Waals surface area (Å²) in [5.41, 5.74) is 2.19. The van der Waals surface area contributed by atoms with Crippen LogP contribution in [0.3, 0.4) is 0 Å². The minimum atomic E-state index is 0. The summed E-state index contributed by atoms with van der Waals surface area (Å²) in [6, 6.07) is 7.83. The Balaban J connectivity index is 0.00000264. The highest BCUT2D eigenvalue weighted by Crippen LogP contribution is 2.14. The smallest absolute Gasteiger partial charge is 0.213 e. The van der Waals surface area contributed by atoms with E-state index in [0.717, 1.165) is 24.7 Å². The normalized spacial score (nSPS) is 10.8. The Labute approximate surface area is 158 Å². The lowest BCUT2D eigenvalue weighted by molar-refractivity contribution is 0.396. The fraction of sp³-hybridized carbons (Fsp3) is 0.375. The molecule has 0 aliphatic carbocycles. The van der Waals surface area contributed by atoms with Crippen LogP contribution in [0, 0.1) is 6.92 Å². The molecule has 23 heavy (non-hydrogen) atoms. The molecule has 5 nitrogen and oxygen atoms in total. The molecule has 2 N–H and O–H groups in total. The van der Waals surface area contributed by atoms with E-state index in [9.17, 15) is 0 Å². The Hall–Kier alpha value is -1.35. The summed E-state index contributed by atoms with van der Waals surface area (Å²) < 4.78 is 5.13. The first kappa shape index (κ1) is 19.7. The van der Waals surface area contributed by atoms with Crippen molar-refractivity contribution in [2.75, 3.05) is 13.7 Å². The zero-order chi connectivity index (χ0) is 15.8. The maximum atomic E-state index is 5.13. The summed E-state index contributed by atoms with van der Waals surface area (Å²) in [6.45, 7) is 6.28. The van der Waals surface area contributed by atoms with Crippen molar-refractivity contribution in [2.45, 2.75) is 26.9 Å². The van der Waals surface area contributed by atoms with Crippen LogP contribution < -0.4 is 15.4 Å². The minimum absolute atomic E-state index is 0. The standard InChI is InChI=1S/C16H22N4OS.HI/c1-4-17-16(19-11-14-12(2)8-9-22-14)18-10-13-6-5-7-15(20-13)21-3;/h5-9H,4,10-11H2,1-3H3,(H2,17,18,19);1H. The first-order valence-electron chi connectivity index (χ1n) is 7.28. The van der Waals surface area contributed by atoms with E-state index < -0.39 is 0 Å². The molecule has 7 heteroatoms. The number of nitrogens with zero attached hydrogens (tertiary/aromatic N) is 2. The molecule has 0 atom stereocenters. The number of hydrogen-bond donors (Lipinski definition) is 2. The predicted molar refractivity (Wildman–Crippen MR) is 107 cm³/mol. The van der Waals surface area contributed by atoms with E-state index in [4.69, 9.17) is 4.74 Å². The van der Waals surface area contributed by atoms with Crippen LogP contribution in [-0.4, -0.2) is 24.6 Å². The van der Waals surface area contributed by atoms with Gasteiger partial charge in [0.1, 0.15) is 0 Å². The lowest BCUT2D eigenvalue weighted by Gasteiger charge is -2.11. The number of hydrogen-bond acceptors (Lipinski definition) is 4. The van der Waals surface area contributed by atoms with Crippen molar-refractivity contribution in [3.8, 4) is 5.88 Å². The van der Waals surface area contributed by atoms with Gasteiger partial charge in [0.25, 0.3) is 0 Å². The highest BCUT2D eigenvalue weighted by atomic mass is 127. The first-order valence-corrected chi connectivity index (χ1v) is 8.16. The topological polar surface area (TPSA) is 58.5 Å².